The summed E-state index contributed by atoms with van der Waals surface area (Å²) < 4.78 is 39.6. The minimum atomic E-state index is -4.43. The van der Waals surface area contributed by atoms with Gasteiger partial charge in [-0.2, -0.15) is 13.2 Å². The third kappa shape index (κ3) is 2.99. The van der Waals surface area contributed by atoms with Gasteiger partial charge in [0.15, 0.2) is 0 Å². The predicted molar refractivity (Wildman–Crippen MR) is 76.6 cm³/mol. The number of benzene rings is 1. The topological polar surface area (TPSA) is 46.9 Å². The van der Waals surface area contributed by atoms with Crippen LogP contribution < -0.4 is 10.9 Å². The maximum atomic E-state index is 12.7. The third-order valence-electron chi connectivity index (χ3n) is 4.01. The van der Waals surface area contributed by atoms with Crippen molar-refractivity contribution in [2.75, 3.05) is 13.1 Å². The average molecular weight is 311 g/mol. The third-order valence-corrected chi connectivity index (χ3v) is 4.01. The molecule has 1 N–H and O–H groups in total. The zero-order chi connectivity index (χ0) is 15.7. The molecule has 3 rings (SSSR count). The highest BCUT2D eigenvalue weighted by Gasteiger charge is 2.30. The summed E-state index contributed by atoms with van der Waals surface area (Å²) in [4.78, 5) is 16.4. The summed E-state index contributed by atoms with van der Waals surface area (Å²) in [7, 11) is 0. The van der Waals surface area contributed by atoms with Crippen LogP contribution in [0.2, 0.25) is 0 Å². The van der Waals surface area contributed by atoms with Gasteiger partial charge in [-0.1, -0.05) is 0 Å². The Kier molecular flexibility index (Phi) is 3.90. The lowest BCUT2D eigenvalue weighted by molar-refractivity contribution is -0.137. The van der Waals surface area contributed by atoms with Gasteiger partial charge < -0.3 is 5.32 Å². The highest BCUT2D eigenvalue weighted by molar-refractivity contribution is 5.78. The molecule has 2 heterocycles. The fraction of sp³-hybridized carbons (Fsp3) is 0.467. The van der Waals surface area contributed by atoms with Crippen molar-refractivity contribution in [2.45, 2.75) is 25.6 Å². The Hall–Kier alpha value is -1.89. The minimum absolute atomic E-state index is 0.0813. The average Bonchev–Trinajstić information content (AvgIpc) is 2.50. The zero-order valence-corrected chi connectivity index (χ0v) is 11.9. The number of hydrogen-bond acceptors (Lipinski definition) is 3. The molecule has 4 nitrogen and oxygen atoms in total. The molecule has 1 aromatic carbocycles. The summed E-state index contributed by atoms with van der Waals surface area (Å²) in [6, 6.07) is 3.06. The maximum absolute atomic E-state index is 12.7. The molecule has 1 unspecified atom stereocenters. The smallest absolute Gasteiger partial charge is 0.316 e. The summed E-state index contributed by atoms with van der Waals surface area (Å²) in [6.07, 6.45) is -0.988. The largest absolute Gasteiger partial charge is 0.416 e. The maximum Gasteiger partial charge on any atom is 0.416 e. The Morgan fingerprint density at radius 1 is 1.36 bits per heavy atom. The van der Waals surface area contributed by atoms with Crippen LogP contribution in [-0.4, -0.2) is 22.6 Å². The number of alkyl halides is 3. The lowest BCUT2D eigenvalue weighted by Crippen LogP contribution is -2.34. The number of hydrogen-bond donors (Lipinski definition) is 1. The first kappa shape index (κ1) is 15.0. The number of aromatic nitrogens is 2. The van der Waals surface area contributed by atoms with E-state index in [-0.39, 0.29) is 16.5 Å². The Morgan fingerprint density at radius 3 is 2.86 bits per heavy atom. The Morgan fingerprint density at radius 2 is 2.18 bits per heavy atom. The van der Waals surface area contributed by atoms with Crippen molar-refractivity contribution in [1.82, 2.24) is 14.9 Å². The number of halogens is 3. The summed E-state index contributed by atoms with van der Waals surface area (Å²) in [6.45, 7) is 2.37. The van der Waals surface area contributed by atoms with E-state index in [0.717, 1.165) is 38.1 Å². The van der Waals surface area contributed by atoms with Crippen LogP contribution in [0, 0.1) is 5.92 Å². The molecule has 1 aliphatic heterocycles. The highest BCUT2D eigenvalue weighted by Crippen LogP contribution is 2.30. The monoisotopic (exact) mass is 311 g/mol. The van der Waals surface area contributed by atoms with Gasteiger partial charge in [0.2, 0.25) is 0 Å². The van der Waals surface area contributed by atoms with Gasteiger partial charge in [0.05, 0.1) is 22.8 Å². The van der Waals surface area contributed by atoms with E-state index >= 15 is 0 Å². The van der Waals surface area contributed by atoms with Gasteiger partial charge in [0.25, 0.3) is 5.56 Å². The molecule has 7 heteroatoms. The zero-order valence-electron chi connectivity index (χ0n) is 11.9. The molecule has 1 aromatic heterocycles. The van der Waals surface area contributed by atoms with Gasteiger partial charge in [-0.3, -0.25) is 9.36 Å². The molecule has 2 aromatic rings. The summed E-state index contributed by atoms with van der Waals surface area (Å²) in [5.41, 5.74) is -0.997. The second-order valence-electron chi connectivity index (χ2n) is 5.64. The molecule has 22 heavy (non-hydrogen) atoms. The van der Waals surface area contributed by atoms with E-state index in [1.165, 1.54) is 17.0 Å². The Balaban J connectivity index is 1.94. The van der Waals surface area contributed by atoms with Crippen molar-refractivity contribution < 1.29 is 13.2 Å². The number of fused-ring (bicyclic) bond motifs is 1. The molecular weight excluding hydrogens is 295 g/mol. The van der Waals surface area contributed by atoms with Crippen molar-refractivity contribution >= 4 is 10.9 Å². The summed E-state index contributed by atoms with van der Waals surface area (Å²) in [5, 5.41) is 3.50. The van der Waals surface area contributed by atoms with Crippen LogP contribution in [0.15, 0.2) is 29.3 Å². The Bertz CT molecular complexity index is 733. The molecule has 1 aliphatic rings. The normalized spacial score (nSPS) is 19.5. The van der Waals surface area contributed by atoms with Crippen LogP contribution in [0.1, 0.15) is 18.4 Å². The molecule has 1 atom stereocenters. The molecular formula is C15H16F3N3O. The number of piperidine rings is 1. The van der Waals surface area contributed by atoms with Crippen molar-refractivity contribution in [2.24, 2.45) is 5.92 Å². The molecule has 1 saturated heterocycles. The second-order valence-corrected chi connectivity index (χ2v) is 5.64. The van der Waals surface area contributed by atoms with Crippen LogP contribution in [0.3, 0.4) is 0 Å². The molecule has 0 bridgehead atoms. The summed E-state index contributed by atoms with van der Waals surface area (Å²) in [5.74, 6) is 0.347. The van der Waals surface area contributed by atoms with Gasteiger partial charge in [-0.25, -0.2) is 4.98 Å². The molecule has 0 amide bonds. The lowest BCUT2D eigenvalue weighted by Gasteiger charge is -2.23. The molecule has 0 saturated carbocycles. The summed E-state index contributed by atoms with van der Waals surface area (Å²) >= 11 is 0. The first-order valence-electron chi connectivity index (χ1n) is 7.22. The van der Waals surface area contributed by atoms with E-state index in [2.05, 4.69) is 10.3 Å². The van der Waals surface area contributed by atoms with Crippen molar-refractivity contribution in [3.05, 3.63) is 40.4 Å². The first-order valence-corrected chi connectivity index (χ1v) is 7.22. The van der Waals surface area contributed by atoms with Crippen LogP contribution in [0.25, 0.3) is 10.9 Å². The number of nitrogens with one attached hydrogen (secondary N) is 1. The van der Waals surface area contributed by atoms with Gasteiger partial charge in [-0.05, 0) is 50.0 Å². The fourth-order valence-corrected chi connectivity index (χ4v) is 2.82. The standard InChI is InChI=1S/C15H16F3N3O/c16-15(17,18)11-3-4-12-13(6-11)20-9-21(14(12)22)8-10-2-1-5-19-7-10/h3-4,6,9-10,19H,1-2,5,7-8H2. The first-order chi connectivity index (χ1) is 10.4. The van der Waals surface area contributed by atoms with Gasteiger partial charge >= 0.3 is 6.18 Å². The second kappa shape index (κ2) is 5.72. The van der Waals surface area contributed by atoms with Gasteiger partial charge in [-0.15, -0.1) is 0 Å². The van der Waals surface area contributed by atoms with Crippen LogP contribution >= 0.6 is 0 Å². The SMILES string of the molecule is O=c1c2ccc(C(F)(F)F)cc2ncn1CC1CCCNC1. The quantitative estimate of drug-likeness (QED) is 0.926. The fourth-order valence-electron chi connectivity index (χ4n) is 2.82. The Labute approximate surface area is 125 Å². The minimum Gasteiger partial charge on any atom is -0.316 e. The van der Waals surface area contributed by atoms with Crippen molar-refractivity contribution in [3.8, 4) is 0 Å². The lowest BCUT2D eigenvalue weighted by atomic mass is 10.00. The number of rotatable bonds is 2. The molecule has 118 valence electrons. The van der Waals surface area contributed by atoms with Gasteiger partial charge in [0, 0.05) is 6.54 Å². The molecule has 0 radical (unpaired) electrons. The molecule has 1 fully saturated rings. The van der Waals surface area contributed by atoms with Crippen molar-refractivity contribution in [3.63, 3.8) is 0 Å². The van der Waals surface area contributed by atoms with Crippen molar-refractivity contribution in [1.29, 1.82) is 0 Å². The van der Waals surface area contributed by atoms with E-state index in [0.29, 0.717) is 12.5 Å². The van der Waals surface area contributed by atoms with E-state index in [1.807, 2.05) is 0 Å². The van der Waals surface area contributed by atoms with E-state index in [4.69, 9.17) is 0 Å². The van der Waals surface area contributed by atoms with E-state index in [1.54, 1.807) is 0 Å². The van der Waals surface area contributed by atoms with Crippen LogP contribution in [0.5, 0.6) is 0 Å². The molecule has 0 aliphatic carbocycles. The van der Waals surface area contributed by atoms with Crippen LogP contribution in [0.4, 0.5) is 13.2 Å². The highest BCUT2D eigenvalue weighted by atomic mass is 19.4. The predicted octanol–water partition coefficient (Wildman–Crippen LogP) is 2.41. The van der Waals surface area contributed by atoms with E-state index in [9.17, 15) is 18.0 Å². The van der Waals surface area contributed by atoms with E-state index < -0.39 is 11.7 Å². The van der Waals surface area contributed by atoms with Crippen LogP contribution in [-0.2, 0) is 12.7 Å². The molecule has 0 spiro atoms. The van der Waals surface area contributed by atoms with Gasteiger partial charge in [0.1, 0.15) is 0 Å². The number of nitrogens with zero attached hydrogens (tertiary/aromatic N) is 2.